The Labute approximate surface area is 442 Å². The molecule has 5 rings (SSSR count). The average Bonchev–Trinajstić information content (AvgIpc) is 3.38. The van der Waals surface area contributed by atoms with Crippen LogP contribution in [0, 0.1) is 0 Å². The summed E-state index contributed by atoms with van der Waals surface area (Å²) in [6.45, 7) is 2.25. The second kappa shape index (κ2) is 29.5. The Kier molecular flexibility index (Phi) is 24.0. The highest BCUT2D eigenvalue weighted by atomic mass is 32.2. The van der Waals surface area contributed by atoms with Crippen LogP contribution in [0.4, 0.5) is 0 Å². The molecule has 3 fully saturated rings. The fourth-order valence-electron chi connectivity index (χ4n) is 8.99. The lowest BCUT2D eigenvalue weighted by atomic mass is 9.84. The molecular weight excluding hydrogens is 1020 g/mol. The van der Waals surface area contributed by atoms with E-state index in [1.54, 1.807) is 12.1 Å². The fourth-order valence-corrected chi connectivity index (χ4v) is 10.5. The zero-order chi connectivity index (χ0) is 54.7. The number of thioether (sulfide) groups is 2. The van der Waals surface area contributed by atoms with Gasteiger partial charge < -0.3 is 81.3 Å². The van der Waals surface area contributed by atoms with Crippen molar-refractivity contribution >= 4 is 65.0 Å². The number of hydrogen-bond donors (Lipinski definition) is 12. The van der Waals surface area contributed by atoms with E-state index in [1.165, 1.54) is 74.0 Å². The number of amides is 5. The standard InChI is InChI=1S/C50H71N5O18S2/c1-29(56)54-39-36(58)26-49(47(66)67,72-42(39)41(61)38(60)28-53-45(64)35-12-10-32(11-13-35)31-8-4-3-5-9-31)70-20-6-22-74-24-18-51-43(62)33-14-16-34(17-15-33)44(63)52-19-25-75-23-7-21-71-50(48(68)69)27-37(59)40(46(65)73-50)55-30(2)57/h10-17,31,36-42,46,58-61,65H,3-9,18-28H2,1-2H3,(H,51,62)(H,52,63)(H,53,64)(H,54,56)(H,55,57)(H,66,67)(H,68,69)/t36-,37-,38+,39+,40+,41+,42+,46+,49+,50+/m0/s1. The van der Waals surface area contributed by atoms with E-state index in [2.05, 4.69) is 26.6 Å². The number of ether oxygens (including phenoxy) is 4. The number of carboxylic acids is 2. The van der Waals surface area contributed by atoms with E-state index in [1.807, 2.05) is 12.1 Å². The Morgan fingerprint density at radius 2 is 1.07 bits per heavy atom. The van der Waals surface area contributed by atoms with Crippen LogP contribution in [-0.2, 0) is 38.1 Å². The Bertz CT molecular complexity index is 2210. The molecule has 0 radical (unpaired) electrons. The maximum absolute atomic E-state index is 13.0. The number of aliphatic carboxylic acids is 2. The van der Waals surface area contributed by atoms with Crippen molar-refractivity contribution < 1.29 is 88.3 Å². The second-order valence-corrected chi connectivity index (χ2v) is 21.1. The van der Waals surface area contributed by atoms with Crippen molar-refractivity contribution in [3.05, 3.63) is 70.8 Å². The number of carbonyl (C=O) groups excluding carboxylic acids is 5. The minimum atomic E-state index is -2.46. The van der Waals surface area contributed by atoms with Gasteiger partial charge in [0, 0.05) is 74.5 Å². The highest BCUT2D eigenvalue weighted by Gasteiger charge is 2.56. The number of rotatable bonds is 28. The summed E-state index contributed by atoms with van der Waals surface area (Å²) < 4.78 is 22.2. The largest absolute Gasteiger partial charge is 0.477 e. The first-order valence-corrected chi connectivity index (χ1v) is 27.3. The van der Waals surface area contributed by atoms with Crippen LogP contribution in [0.2, 0.25) is 0 Å². The van der Waals surface area contributed by atoms with E-state index in [0.717, 1.165) is 25.3 Å². The van der Waals surface area contributed by atoms with Gasteiger partial charge in [0.2, 0.25) is 11.8 Å². The van der Waals surface area contributed by atoms with E-state index in [4.69, 9.17) is 18.9 Å². The number of nitrogens with one attached hydrogen (secondary N) is 5. The van der Waals surface area contributed by atoms with Crippen molar-refractivity contribution in [1.29, 1.82) is 0 Å². The molecule has 2 aliphatic heterocycles. The molecule has 1 aliphatic carbocycles. The van der Waals surface area contributed by atoms with Gasteiger partial charge in [0.25, 0.3) is 29.3 Å². The monoisotopic (exact) mass is 1090 g/mol. The first-order valence-electron chi connectivity index (χ1n) is 25.0. The molecule has 0 aromatic heterocycles. The van der Waals surface area contributed by atoms with Gasteiger partial charge >= 0.3 is 11.9 Å². The van der Waals surface area contributed by atoms with Crippen molar-refractivity contribution in [1.82, 2.24) is 26.6 Å². The molecule has 2 aromatic carbocycles. The summed E-state index contributed by atoms with van der Waals surface area (Å²) in [5.41, 5.74) is 2.16. The van der Waals surface area contributed by atoms with Gasteiger partial charge in [-0.3, -0.25) is 24.0 Å². The van der Waals surface area contributed by atoms with Crippen LogP contribution in [0.15, 0.2) is 48.5 Å². The molecule has 12 N–H and O–H groups in total. The summed E-state index contributed by atoms with van der Waals surface area (Å²) in [5, 5.41) is 86.8. The molecule has 416 valence electrons. The van der Waals surface area contributed by atoms with Gasteiger partial charge in [-0.25, -0.2) is 9.59 Å². The van der Waals surface area contributed by atoms with Crippen LogP contribution in [0.25, 0.3) is 0 Å². The Morgan fingerprint density at radius 3 is 1.53 bits per heavy atom. The van der Waals surface area contributed by atoms with E-state index in [9.17, 15) is 69.3 Å². The van der Waals surface area contributed by atoms with Crippen LogP contribution in [0.3, 0.4) is 0 Å². The van der Waals surface area contributed by atoms with E-state index in [-0.39, 0.29) is 31.6 Å². The van der Waals surface area contributed by atoms with Gasteiger partial charge in [0.15, 0.2) is 6.29 Å². The minimum absolute atomic E-state index is 0.0686. The molecule has 3 aliphatic rings. The van der Waals surface area contributed by atoms with Crippen molar-refractivity contribution in [2.45, 2.75) is 138 Å². The lowest BCUT2D eigenvalue weighted by Crippen LogP contribution is -2.68. The minimum Gasteiger partial charge on any atom is -0.477 e. The molecular formula is C50H71N5O18S2. The number of aliphatic hydroxyl groups is 5. The van der Waals surface area contributed by atoms with Crippen LogP contribution in [0.1, 0.15) is 114 Å². The summed E-state index contributed by atoms with van der Waals surface area (Å²) in [4.78, 5) is 86.5. The van der Waals surface area contributed by atoms with Crippen LogP contribution in [-0.4, -0.2) is 194 Å². The molecule has 23 nitrogen and oxygen atoms in total. The molecule has 25 heteroatoms. The summed E-state index contributed by atoms with van der Waals surface area (Å²) in [7, 11) is 0. The second-order valence-electron chi connectivity index (χ2n) is 18.6. The topological polar surface area (TPSA) is 358 Å². The molecule has 0 spiro atoms. The number of hydrogen-bond acceptors (Lipinski definition) is 18. The van der Waals surface area contributed by atoms with Crippen molar-refractivity contribution in [3.63, 3.8) is 0 Å². The smallest absolute Gasteiger partial charge is 0.364 e. The number of carbonyl (C=O) groups is 7. The fraction of sp³-hybridized carbons (Fsp3) is 0.620. The maximum atomic E-state index is 13.0. The van der Waals surface area contributed by atoms with Crippen molar-refractivity contribution in [2.24, 2.45) is 0 Å². The molecule has 0 unspecified atom stereocenters. The van der Waals surface area contributed by atoms with Crippen LogP contribution in [0.5, 0.6) is 0 Å². The van der Waals surface area contributed by atoms with Gasteiger partial charge in [-0.15, -0.1) is 0 Å². The molecule has 10 atom stereocenters. The van der Waals surface area contributed by atoms with Gasteiger partial charge in [-0.2, -0.15) is 23.5 Å². The van der Waals surface area contributed by atoms with Crippen molar-refractivity contribution in [3.8, 4) is 0 Å². The van der Waals surface area contributed by atoms with Crippen LogP contribution >= 0.6 is 23.5 Å². The summed E-state index contributed by atoms with van der Waals surface area (Å²) in [6.07, 6.45) is -4.78. The predicted molar refractivity (Wildman–Crippen MR) is 273 cm³/mol. The summed E-state index contributed by atoms with van der Waals surface area (Å²) in [6, 6.07) is 10.7. The zero-order valence-electron chi connectivity index (χ0n) is 42.0. The third-order valence-corrected chi connectivity index (χ3v) is 15.1. The molecule has 2 aromatic rings. The maximum Gasteiger partial charge on any atom is 0.364 e. The van der Waals surface area contributed by atoms with Gasteiger partial charge in [0.05, 0.1) is 37.6 Å². The van der Waals surface area contributed by atoms with Crippen LogP contribution < -0.4 is 26.6 Å². The quantitative estimate of drug-likeness (QED) is 0.0515. The van der Waals surface area contributed by atoms with Gasteiger partial charge in [-0.05, 0) is 85.1 Å². The third-order valence-electron chi connectivity index (χ3n) is 12.9. The van der Waals surface area contributed by atoms with Gasteiger partial charge in [0.1, 0.15) is 18.2 Å². The Balaban J connectivity index is 0.966. The van der Waals surface area contributed by atoms with Crippen molar-refractivity contribution in [2.75, 3.05) is 55.9 Å². The Hall–Kier alpha value is -4.93. The molecule has 5 amide bonds. The number of aliphatic hydroxyl groups excluding tert-OH is 5. The third kappa shape index (κ3) is 17.8. The average molecular weight is 1090 g/mol. The molecule has 1 saturated carbocycles. The normalized spacial score (nSPS) is 25.7. The molecule has 0 bridgehead atoms. The first kappa shape index (κ1) is 60.9. The van der Waals surface area contributed by atoms with E-state index in [0.29, 0.717) is 65.0 Å². The lowest BCUT2D eigenvalue weighted by Gasteiger charge is -2.46. The summed E-state index contributed by atoms with van der Waals surface area (Å²) in [5.74, 6) is -7.81. The lowest BCUT2D eigenvalue weighted by molar-refractivity contribution is -0.332. The van der Waals surface area contributed by atoms with Gasteiger partial charge in [-0.1, -0.05) is 31.4 Å². The van der Waals surface area contributed by atoms with E-state index < -0.39 is 110 Å². The Morgan fingerprint density at radius 1 is 0.627 bits per heavy atom. The predicted octanol–water partition coefficient (Wildman–Crippen LogP) is 0.446. The van der Waals surface area contributed by atoms with E-state index >= 15 is 0 Å². The highest BCUT2D eigenvalue weighted by Crippen LogP contribution is 2.35. The summed E-state index contributed by atoms with van der Waals surface area (Å²) >= 11 is 2.91. The highest BCUT2D eigenvalue weighted by molar-refractivity contribution is 7.99. The molecule has 75 heavy (non-hydrogen) atoms. The molecule has 2 saturated heterocycles. The number of benzene rings is 2. The SMILES string of the molecule is CC(=O)N[C@H]1[C@H]([C@H](O)[C@H](O)CNC(=O)c2ccc(C3CCCCC3)cc2)O[C@@](OCCCSCCNC(=O)c2ccc(C(=O)NCCSCCCO[C@]3(C(=O)O)C[C@H](O)[C@@H](NC(C)=O)[C@H](O)O3)cc2)(C(=O)O)C[C@@H]1O. The first-order chi connectivity index (χ1) is 35.8. The number of carboxylic acid groups (broad SMARTS) is 2. The zero-order valence-corrected chi connectivity index (χ0v) is 43.6. The molecule has 2 heterocycles.